The quantitative estimate of drug-likeness (QED) is 0.781. The molecule has 0 N–H and O–H groups in total. The molecule has 1 atom stereocenters. The fraction of sp³-hybridized carbons (Fsp3) is 0.417. The van der Waals surface area contributed by atoms with Gasteiger partial charge in [0.1, 0.15) is 5.82 Å². The van der Waals surface area contributed by atoms with Gasteiger partial charge in [0.05, 0.1) is 12.2 Å². The highest BCUT2D eigenvalue weighted by atomic mass is 15.4. The van der Waals surface area contributed by atoms with Crippen molar-refractivity contribution in [2.24, 2.45) is 0 Å². The standard InChI is InChI=1S/C12H15N5/c1-10-2-4-13-12(8-10)16-6-3-11(9-16)17-7-5-14-15-17/h2,4-5,7-8,11H,3,6,9H2,1H3. The van der Waals surface area contributed by atoms with E-state index >= 15 is 0 Å². The Morgan fingerprint density at radius 1 is 1.35 bits per heavy atom. The summed E-state index contributed by atoms with van der Waals surface area (Å²) in [6.45, 7) is 4.08. The van der Waals surface area contributed by atoms with Crippen molar-refractivity contribution in [2.75, 3.05) is 18.0 Å². The monoisotopic (exact) mass is 229 g/mol. The summed E-state index contributed by atoms with van der Waals surface area (Å²) in [7, 11) is 0. The fourth-order valence-electron chi connectivity index (χ4n) is 2.27. The highest BCUT2D eigenvalue weighted by Gasteiger charge is 2.25. The molecule has 1 aliphatic rings. The zero-order valence-electron chi connectivity index (χ0n) is 9.82. The first-order valence-corrected chi connectivity index (χ1v) is 5.86. The second-order valence-corrected chi connectivity index (χ2v) is 4.46. The third-order valence-corrected chi connectivity index (χ3v) is 3.20. The predicted octanol–water partition coefficient (Wildman–Crippen LogP) is 1.43. The van der Waals surface area contributed by atoms with Crippen LogP contribution < -0.4 is 4.90 Å². The van der Waals surface area contributed by atoms with Crippen LogP contribution in [0.2, 0.25) is 0 Å². The Morgan fingerprint density at radius 3 is 3.06 bits per heavy atom. The van der Waals surface area contributed by atoms with E-state index in [2.05, 4.69) is 33.2 Å². The van der Waals surface area contributed by atoms with E-state index in [9.17, 15) is 0 Å². The van der Waals surface area contributed by atoms with E-state index in [1.165, 1.54) is 5.56 Å². The molecular formula is C12H15N5. The van der Waals surface area contributed by atoms with Gasteiger partial charge in [0.25, 0.3) is 0 Å². The van der Waals surface area contributed by atoms with E-state index in [0.29, 0.717) is 6.04 Å². The van der Waals surface area contributed by atoms with Crippen molar-refractivity contribution in [1.29, 1.82) is 0 Å². The molecular weight excluding hydrogens is 214 g/mol. The van der Waals surface area contributed by atoms with Crippen LogP contribution in [0.25, 0.3) is 0 Å². The van der Waals surface area contributed by atoms with Crippen molar-refractivity contribution >= 4 is 5.82 Å². The van der Waals surface area contributed by atoms with E-state index in [-0.39, 0.29) is 0 Å². The molecule has 5 heteroatoms. The summed E-state index contributed by atoms with van der Waals surface area (Å²) in [4.78, 5) is 6.72. The van der Waals surface area contributed by atoms with Crippen LogP contribution in [0.5, 0.6) is 0 Å². The maximum absolute atomic E-state index is 4.42. The number of hydrogen-bond donors (Lipinski definition) is 0. The molecule has 17 heavy (non-hydrogen) atoms. The van der Waals surface area contributed by atoms with Crippen molar-refractivity contribution in [3.8, 4) is 0 Å². The van der Waals surface area contributed by atoms with Crippen molar-refractivity contribution in [2.45, 2.75) is 19.4 Å². The summed E-state index contributed by atoms with van der Waals surface area (Å²) in [6.07, 6.45) is 6.62. The van der Waals surface area contributed by atoms with E-state index in [1.807, 2.05) is 23.1 Å². The molecule has 5 nitrogen and oxygen atoms in total. The zero-order chi connectivity index (χ0) is 11.7. The minimum Gasteiger partial charge on any atom is -0.354 e. The zero-order valence-corrected chi connectivity index (χ0v) is 9.82. The summed E-state index contributed by atoms with van der Waals surface area (Å²) in [5.41, 5.74) is 1.25. The lowest BCUT2D eigenvalue weighted by atomic mass is 10.3. The van der Waals surface area contributed by atoms with Gasteiger partial charge in [0.15, 0.2) is 0 Å². The molecule has 0 bridgehead atoms. The topological polar surface area (TPSA) is 46.8 Å². The molecule has 0 spiro atoms. The Labute approximate surface area is 100 Å². The predicted molar refractivity (Wildman–Crippen MR) is 64.9 cm³/mol. The Balaban J connectivity index is 1.76. The van der Waals surface area contributed by atoms with E-state index in [4.69, 9.17) is 0 Å². The summed E-state index contributed by atoms with van der Waals surface area (Å²) in [5, 5.41) is 7.92. The average molecular weight is 229 g/mol. The summed E-state index contributed by atoms with van der Waals surface area (Å²) >= 11 is 0. The van der Waals surface area contributed by atoms with Crippen molar-refractivity contribution in [3.05, 3.63) is 36.3 Å². The summed E-state index contributed by atoms with van der Waals surface area (Å²) in [6, 6.07) is 4.57. The van der Waals surface area contributed by atoms with Crippen molar-refractivity contribution < 1.29 is 0 Å². The smallest absolute Gasteiger partial charge is 0.128 e. The number of aromatic nitrogens is 4. The van der Waals surface area contributed by atoms with Gasteiger partial charge in [-0.05, 0) is 31.0 Å². The molecule has 1 saturated heterocycles. The van der Waals surface area contributed by atoms with Gasteiger partial charge in [-0.25, -0.2) is 9.67 Å². The molecule has 1 unspecified atom stereocenters. The van der Waals surface area contributed by atoms with Crippen LogP contribution in [0.15, 0.2) is 30.7 Å². The Hall–Kier alpha value is -1.91. The van der Waals surface area contributed by atoms with Crippen LogP contribution in [-0.4, -0.2) is 33.1 Å². The first-order chi connectivity index (χ1) is 8.33. The van der Waals surface area contributed by atoms with Crippen molar-refractivity contribution in [3.63, 3.8) is 0 Å². The molecule has 88 valence electrons. The number of aryl methyl sites for hydroxylation is 1. The molecule has 0 saturated carbocycles. The molecule has 1 aliphatic heterocycles. The summed E-state index contributed by atoms with van der Waals surface area (Å²) in [5.74, 6) is 1.06. The average Bonchev–Trinajstić information content (AvgIpc) is 3.00. The molecule has 3 rings (SSSR count). The Kier molecular flexibility index (Phi) is 2.51. The molecule has 2 aromatic rings. The molecule has 0 radical (unpaired) electrons. The second-order valence-electron chi connectivity index (χ2n) is 4.46. The Morgan fingerprint density at radius 2 is 2.29 bits per heavy atom. The molecule has 0 amide bonds. The highest BCUT2D eigenvalue weighted by Crippen LogP contribution is 2.24. The highest BCUT2D eigenvalue weighted by molar-refractivity contribution is 5.41. The lowest BCUT2D eigenvalue weighted by molar-refractivity contribution is 0.479. The van der Waals surface area contributed by atoms with Crippen molar-refractivity contribution in [1.82, 2.24) is 20.0 Å². The number of pyridine rings is 1. The van der Waals surface area contributed by atoms with Gasteiger partial charge >= 0.3 is 0 Å². The van der Waals surface area contributed by atoms with Crippen LogP contribution >= 0.6 is 0 Å². The van der Waals surface area contributed by atoms with Crippen LogP contribution in [0.1, 0.15) is 18.0 Å². The van der Waals surface area contributed by atoms with Gasteiger partial charge in [0, 0.05) is 25.5 Å². The Bertz CT molecular complexity index is 493. The van der Waals surface area contributed by atoms with E-state index < -0.39 is 0 Å². The normalized spacial score (nSPS) is 19.8. The van der Waals surface area contributed by atoms with Gasteiger partial charge < -0.3 is 4.90 Å². The molecule has 1 fully saturated rings. The second kappa shape index (κ2) is 4.16. The number of nitrogens with zero attached hydrogens (tertiary/aromatic N) is 5. The van der Waals surface area contributed by atoms with Crippen LogP contribution in [0.4, 0.5) is 5.82 Å². The molecule has 3 heterocycles. The lowest BCUT2D eigenvalue weighted by Crippen LogP contribution is -2.22. The first kappa shape index (κ1) is 10.3. The van der Waals surface area contributed by atoms with E-state index in [1.54, 1.807) is 6.20 Å². The maximum atomic E-state index is 4.42. The fourth-order valence-corrected chi connectivity index (χ4v) is 2.27. The molecule has 0 aliphatic carbocycles. The first-order valence-electron chi connectivity index (χ1n) is 5.86. The number of hydrogen-bond acceptors (Lipinski definition) is 4. The van der Waals surface area contributed by atoms with Crippen LogP contribution in [-0.2, 0) is 0 Å². The maximum Gasteiger partial charge on any atom is 0.128 e. The SMILES string of the molecule is Cc1ccnc(N2CCC(n3ccnn3)C2)c1. The number of rotatable bonds is 2. The molecule has 2 aromatic heterocycles. The third-order valence-electron chi connectivity index (χ3n) is 3.20. The minimum absolute atomic E-state index is 0.416. The van der Waals surface area contributed by atoms with Crippen LogP contribution in [0, 0.1) is 6.92 Å². The minimum atomic E-state index is 0.416. The largest absolute Gasteiger partial charge is 0.354 e. The summed E-state index contributed by atoms with van der Waals surface area (Å²) < 4.78 is 1.94. The van der Waals surface area contributed by atoms with Gasteiger partial charge in [0.2, 0.25) is 0 Å². The third kappa shape index (κ3) is 2.00. The van der Waals surface area contributed by atoms with Gasteiger partial charge in [-0.3, -0.25) is 0 Å². The van der Waals surface area contributed by atoms with Gasteiger partial charge in [-0.2, -0.15) is 0 Å². The van der Waals surface area contributed by atoms with E-state index in [0.717, 1.165) is 25.3 Å². The lowest BCUT2D eigenvalue weighted by Gasteiger charge is -2.17. The van der Waals surface area contributed by atoms with Crippen LogP contribution in [0.3, 0.4) is 0 Å². The van der Waals surface area contributed by atoms with Gasteiger partial charge in [-0.1, -0.05) is 5.21 Å². The van der Waals surface area contributed by atoms with Gasteiger partial charge in [-0.15, -0.1) is 5.10 Å². The molecule has 0 aromatic carbocycles. The number of anilines is 1.